The average Bonchev–Trinajstić information content (AvgIpc) is 2.61. The lowest BCUT2D eigenvalue weighted by Crippen LogP contribution is -2.15. The number of carbonyl (C=O) groups is 1. The van der Waals surface area contributed by atoms with E-state index in [9.17, 15) is 13.2 Å². The number of benzene rings is 1. The Morgan fingerprint density at radius 3 is 2.58 bits per heavy atom. The molecule has 0 spiro atoms. The molecule has 10 heteroatoms. The first-order chi connectivity index (χ1) is 12.3. The van der Waals surface area contributed by atoms with Gasteiger partial charge in [-0.1, -0.05) is 23.9 Å². The van der Waals surface area contributed by atoms with Crippen LogP contribution in [0.3, 0.4) is 0 Å². The third kappa shape index (κ3) is 5.41. The van der Waals surface area contributed by atoms with E-state index in [1.165, 1.54) is 30.1 Å². The molecule has 0 aliphatic heterocycles. The Bertz CT molecular complexity index is 870. The van der Waals surface area contributed by atoms with Crippen molar-refractivity contribution in [3.8, 4) is 0 Å². The summed E-state index contributed by atoms with van der Waals surface area (Å²) in [5.74, 6) is -0.0795. The van der Waals surface area contributed by atoms with E-state index in [4.69, 9.17) is 9.88 Å². The van der Waals surface area contributed by atoms with Crippen LogP contribution in [0.2, 0.25) is 0 Å². The van der Waals surface area contributed by atoms with Crippen molar-refractivity contribution in [1.82, 2.24) is 9.97 Å². The molecule has 0 bridgehead atoms. The summed E-state index contributed by atoms with van der Waals surface area (Å²) in [5.41, 5.74) is 1.19. The van der Waals surface area contributed by atoms with Crippen molar-refractivity contribution < 1.29 is 17.9 Å². The second kappa shape index (κ2) is 8.97. The topological polar surface area (TPSA) is 124 Å². The quantitative estimate of drug-likeness (QED) is 0.392. The highest BCUT2D eigenvalue weighted by Gasteiger charge is 2.15. The van der Waals surface area contributed by atoms with Gasteiger partial charge in [-0.05, 0) is 37.3 Å². The normalized spacial score (nSPS) is 11.2. The monoisotopic (exact) mass is 396 g/mol. The average molecular weight is 396 g/mol. The molecular weight excluding hydrogens is 376 g/mol. The minimum absolute atomic E-state index is 0.0687. The van der Waals surface area contributed by atoms with Gasteiger partial charge in [0.2, 0.25) is 10.0 Å². The SMILES string of the molecule is CCOC(=O)c1cnc(SC)nc1NCCc1ccc(S(N)(=O)=O)cc1. The van der Waals surface area contributed by atoms with Crippen LogP contribution in [0.4, 0.5) is 5.82 Å². The summed E-state index contributed by atoms with van der Waals surface area (Å²) >= 11 is 1.37. The Hall–Kier alpha value is -2.17. The number of esters is 1. The van der Waals surface area contributed by atoms with Gasteiger partial charge in [-0.15, -0.1) is 0 Å². The number of aromatic nitrogens is 2. The van der Waals surface area contributed by atoms with E-state index >= 15 is 0 Å². The van der Waals surface area contributed by atoms with E-state index in [1.807, 2.05) is 6.26 Å². The number of ether oxygens (including phenoxy) is 1. The van der Waals surface area contributed by atoms with Gasteiger partial charge in [0.15, 0.2) is 5.16 Å². The number of thioether (sulfide) groups is 1. The number of hydrogen-bond donors (Lipinski definition) is 2. The van der Waals surface area contributed by atoms with Crippen LogP contribution in [-0.2, 0) is 21.2 Å². The van der Waals surface area contributed by atoms with Crippen LogP contribution >= 0.6 is 11.8 Å². The fourth-order valence-corrected chi connectivity index (χ4v) is 2.98. The summed E-state index contributed by atoms with van der Waals surface area (Å²) in [6, 6.07) is 6.32. The first-order valence-corrected chi connectivity index (χ1v) is 10.6. The molecule has 140 valence electrons. The zero-order chi connectivity index (χ0) is 19.2. The summed E-state index contributed by atoms with van der Waals surface area (Å²) in [4.78, 5) is 20.5. The molecule has 0 amide bonds. The molecule has 0 aliphatic rings. The predicted octanol–water partition coefficient (Wildman–Crippen LogP) is 1.68. The lowest BCUT2D eigenvalue weighted by atomic mass is 10.1. The highest BCUT2D eigenvalue weighted by Crippen LogP contribution is 2.18. The molecule has 1 aromatic carbocycles. The van der Waals surface area contributed by atoms with Gasteiger partial charge in [-0.3, -0.25) is 0 Å². The summed E-state index contributed by atoms with van der Waals surface area (Å²) in [6.07, 6.45) is 3.89. The highest BCUT2D eigenvalue weighted by molar-refractivity contribution is 7.98. The third-order valence-corrected chi connectivity index (χ3v) is 4.89. The largest absolute Gasteiger partial charge is 0.462 e. The van der Waals surface area contributed by atoms with Crippen LogP contribution in [-0.4, -0.2) is 43.8 Å². The van der Waals surface area contributed by atoms with Crippen molar-refractivity contribution in [3.63, 3.8) is 0 Å². The molecule has 2 rings (SSSR count). The first kappa shape index (κ1) is 20.1. The lowest BCUT2D eigenvalue weighted by molar-refractivity contribution is 0.0526. The number of nitrogens with zero attached hydrogens (tertiary/aromatic N) is 2. The van der Waals surface area contributed by atoms with Crippen LogP contribution in [0, 0.1) is 0 Å². The first-order valence-electron chi connectivity index (χ1n) is 7.79. The molecule has 3 N–H and O–H groups in total. The van der Waals surface area contributed by atoms with Crippen molar-refractivity contribution >= 4 is 33.6 Å². The number of primary sulfonamides is 1. The summed E-state index contributed by atoms with van der Waals surface area (Å²) in [7, 11) is -3.70. The molecule has 0 unspecified atom stereocenters. The zero-order valence-corrected chi connectivity index (χ0v) is 16.1. The van der Waals surface area contributed by atoms with Gasteiger partial charge in [0.25, 0.3) is 0 Å². The van der Waals surface area contributed by atoms with Crippen molar-refractivity contribution in [2.24, 2.45) is 5.14 Å². The van der Waals surface area contributed by atoms with E-state index in [-0.39, 0.29) is 17.1 Å². The highest BCUT2D eigenvalue weighted by atomic mass is 32.2. The second-order valence-electron chi connectivity index (χ2n) is 5.21. The van der Waals surface area contributed by atoms with Gasteiger partial charge >= 0.3 is 5.97 Å². The number of carbonyl (C=O) groups excluding carboxylic acids is 1. The maximum Gasteiger partial charge on any atom is 0.343 e. The van der Waals surface area contributed by atoms with Crippen molar-refractivity contribution in [2.75, 3.05) is 24.7 Å². The number of nitrogens with two attached hydrogens (primary N) is 1. The molecule has 2 aromatic rings. The summed E-state index contributed by atoms with van der Waals surface area (Å²) in [6.45, 7) is 2.48. The van der Waals surface area contributed by atoms with Gasteiger partial charge in [-0.25, -0.2) is 28.3 Å². The van der Waals surface area contributed by atoms with Gasteiger partial charge < -0.3 is 10.1 Å². The maximum atomic E-state index is 12.0. The summed E-state index contributed by atoms with van der Waals surface area (Å²) < 4.78 is 27.5. The molecule has 0 fully saturated rings. The minimum Gasteiger partial charge on any atom is -0.462 e. The second-order valence-corrected chi connectivity index (χ2v) is 7.54. The van der Waals surface area contributed by atoms with Gasteiger partial charge in [0.1, 0.15) is 11.4 Å². The van der Waals surface area contributed by atoms with E-state index in [0.717, 1.165) is 5.56 Å². The molecular formula is C16H20N4O4S2. The molecule has 0 saturated carbocycles. The lowest BCUT2D eigenvalue weighted by Gasteiger charge is -2.11. The molecule has 26 heavy (non-hydrogen) atoms. The van der Waals surface area contributed by atoms with Crippen molar-refractivity contribution in [2.45, 2.75) is 23.4 Å². The Balaban J connectivity index is 2.07. The summed E-state index contributed by atoms with van der Waals surface area (Å²) in [5, 5.41) is 8.73. The molecule has 8 nitrogen and oxygen atoms in total. The van der Waals surface area contributed by atoms with E-state index in [0.29, 0.717) is 23.9 Å². The number of rotatable bonds is 8. The maximum absolute atomic E-state index is 12.0. The Morgan fingerprint density at radius 2 is 2.00 bits per heavy atom. The Morgan fingerprint density at radius 1 is 1.31 bits per heavy atom. The Labute approximate surface area is 156 Å². The molecule has 0 radical (unpaired) electrons. The van der Waals surface area contributed by atoms with E-state index in [2.05, 4.69) is 15.3 Å². The molecule has 1 aromatic heterocycles. The molecule has 0 atom stereocenters. The van der Waals surface area contributed by atoms with Crippen LogP contribution in [0.1, 0.15) is 22.8 Å². The third-order valence-electron chi connectivity index (χ3n) is 3.40. The van der Waals surface area contributed by atoms with Gasteiger partial charge in [0.05, 0.1) is 11.5 Å². The molecule has 0 aliphatic carbocycles. The van der Waals surface area contributed by atoms with Crippen LogP contribution in [0.25, 0.3) is 0 Å². The van der Waals surface area contributed by atoms with E-state index in [1.54, 1.807) is 19.1 Å². The van der Waals surface area contributed by atoms with Crippen molar-refractivity contribution in [3.05, 3.63) is 41.6 Å². The number of sulfonamides is 1. The fourth-order valence-electron chi connectivity index (χ4n) is 2.13. The van der Waals surface area contributed by atoms with Gasteiger partial charge in [-0.2, -0.15) is 0 Å². The smallest absolute Gasteiger partial charge is 0.343 e. The predicted molar refractivity (Wildman–Crippen MR) is 99.8 cm³/mol. The van der Waals surface area contributed by atoms with Crippen molar-refractivity contribution in [1.29, 1.82) is 0 Å². The van der Waals surface area contributed by atoms with Crippen LogP contribution < -0.4 is 10.5 Å². The number of anilines is 1. The minimum atomic E-state index is -3.70. The van der Waals surface area contributed by atoms with E-state index < -0.39 is 16.0 Å². The molecule has 0 saturated heterocycles. The van der Waals surface area contributed by atoms with Crippen LogP contribution in [0.15, 0.2) is 40.5 Å². The molecule has 1 heterocycles. The number of nitrogens with one attached hydrogen (secondary N) is 1. The zero-order valence-electron chi connectivity index (χ0n) is 14.4. The van der Waals surface area contributed by atoms with Gasteiger partial charge in [0, 0.05) is 12.7 Å². The standard InChI is InChI=1S/C16H20N4O4S2/c1-3-24-15(21)13-10-19-16(25-2)20-14(13)18-9-8-11-4-6-12(7-5-11)26(17,22)23/h4-7,10H,3,8-9H2,1-2H3,(H2,17,22,23)(H,18,19,20). The van der Waals surface area contributed by atoms with Crippen LogP contribution in [0.5, 0.6) is 0 Å². The fraction of sp³-hybridized carbons (Fsp3) is 0.312. The Kier molecular flexibility index (Phi) is 6.95. The number of hydrogen-bond acceptors (Lipinski definition) is 8.